The number of aryl methyl sites for hydroxylation is 1. The van der Waals surface area contributed by atoms with Crippen molar-refractivity contribution in [1.29, 1.82) is 5.26 Å². The van der Waals surface area contributed by atoms with Gasteiger partial charge in [0.25, 0.3) is 0 Å². The van der Waals surface area contributed by atoms with E-state index >= 15 is 0 Å². The highest BCUT2D eigenvalue weighted by atomic mass is 32.2. The van der Waals surface area contributed by atoms with Crippen LogP contribution in [0.25, 0.3) is 0 Å². The number of hydrogen-bond donors (Lipinski definition) is 0. The minimum Gasteiger partial charge on any atom is -0.192 e. The van der Waals surface area contributed by atoms with Gasteiger partial charge in [-0.2, -0.15) is 18.4 Å². The van der Waals surface area contributed by atoms with E-state index in [9.17, 15) is 13.2 Å². The maximum atomic E-state index is 12.6. The summed E-state index contributed by atoms with van der Waals surface area (Å²) in [7, 11) is 0. The topological polar surface area (TPSA) is 49.6 Å². The quantitative estimate of drug-likeness (QED) is 0.844. The zero-order valence-corrected chi connectivity index (χ0v) is 11.2. The molecule has 1 heterocycles. The van der Waals surface area contributed by atoms with Gasteiger partial charge in [-0.05, 0) is 25.1 Å². The standard InChI is InChI=1S/C11H6F3N3S2/c1-6-16-17-10(18-6)19-8-2-3-9(11(12,13)14)7(4-8)5-15/h2-4H,1H3. The van der Waals surface area contributed by atoms with Crippen LogP contribution in [0.5, 0.6) is 0 Å². The lowest BCUT2D eigenvalue weighted by Gasteiger charge is -2.09. The maximum absolute atomic E-state index is 12.6. The van der Waals surface area contributed by atoms with Crippen molar-refractivity contribution >= 4 is 23.1 Å². The summed E-state index contributed by atoms with van der Waals surface area (Å²) in [4.78, 5) is 0.528. The Morgan fingerprint density at radius 3 is 2.58 bits per heavy atom. The molecule has 0 atom stereocenters. The van der Waals surface area contributed by atoms with Crippen molar-refractivity contribution in [2.45, 2.75) is 22.3 Å². The average molecular weight is 301 g/mol. The second-order valence-electron chi connectivity index (χ2n) is 3.51. The molecule has 1 aromatic heterocycles. The number of alkyl halides is 3. The monoisotopic (exact) mass is 301 g/mol. The minimum atomic E-state index is -4.52. The molecule has 0 fully saturated rings. The van der Waals surface area contributed by atoms with Crippen molar-refractivity contribution in [3.05, 3.63) is 34.3 Å². The largest absolute Gasteiger partial charge is 0.417 e. The lowest BCUT2D eigenvalue weighted by molar-refractivity contribution is -0.137. The van der Waals surface area contributed by atoms with Crippen LogP contribution in [0.3, 0.4) is 0 Å². The fourth-order valence-corrected chi connectivity index (χ4v) is 3.18. The highest BCUT2D eigenvalue weighted by Crippen LogP contribution is 2.36. The van der Waals surface area contributed by atoms with Crippen molar-refractivity contribution < 1.29 is 13.2 Å². The van der Waals surface area contributed by atoms with Crippen LogP contribution in [0.1, 0.15) is 16.1 Å². The maximum Gasteiger partial charge on any atom is 0.417 e. The average Bonchev–Trinajstić information content (AvgIpc) is 2.73. The molecule has 2 aromatic rings. The fraction of sp³-hybridized carbons (Fsp3) is 0.182. The van der Waals surface area contributed by atoms with Crippen LogP contribution in [-0.2, 0) is 6.18 Å². The van der Waals surface area contributed by atoms with Crippen molar-refractivity contribution in [2.24, 2.45) is 0 Å². The molecule has 3 nitrogen and oxygen atoms in total. The first kappa shape index (κ1) is 13.8. The molecule has 0 aliphatic heterocycles. The van der Waals surface area contributed by atoms with E-state index in [4.69, 9.17) is 5.26 Å². The molecule has 19 heavy (non-hydrogen) atoms. The molecule has 0 saturated carbocycles. The Morgan fingerprint density at radius 2 is 2.05 bits per heavy atom. The molecule has 0 bridgehead atoms. The van der Waals surface area contributed by atoms with Crippen LogP contribution >= 0.6 is 23.1 Å². The highest BCUT2D eigenvalue weighted by Gasteiger charge is 2.33. The number of nitriles is 1. The minimum absolute atomic E-state index is 0.390. The first-order valence-corrected chi connectivity index (χ1v) is 6.63. The van der Waals surface area contributed by atoms with E-state index in [1.54, 1.807) is 13.0 Å². The zero-order valence-electron chi connectivity index (χ0n) is 9.52. The molecule has 0 radical (unpaired) electrons. The van der Waals surface area contributed by atoms with E-state index in [1.165, 1.54) is 35.2 Å². The number of rotatable bonds is 2. The lowest BCUT2D eigenvalue weighted by Crippen LogP contribution is -2.07. The Bertz CT molecular complexity index is 643. The van der Waals surface area contributed by atoms with Gasteiger partial charge in [0.15, 0.2) is 4.34 Å². The summed E-state index contributed by atoms with van der Waals surface area (Å²) in [6.45, 7) is 1.79. The van der Waals surface area contributed by atoms with Gasteiger partial charge in [-0.25, -0.2) is 0 Å². The number of halogens is 3. The molecule has 0 saturated heterocycles. The third-order valence-corrected chi connectivity index (χ3v) is 4.01. The second kappa shape index (κ2) is 5.19. The lowest BCUT2D eigenvalue weighted by atomic mass is 10.1. The van der Waals surface area contributed by atoms with Crippen LogP contribution in [0.15, 0.2) is 27.4 Å². The summed E-state index contributed by atoms with van der Waals surface area (Å²) in [5.41, 5.74) is -1.31. The molecule has 0 aliphatic carbocycles. The molecule has 0 aliphatic rings. The van der Waals surface area contributed by atoms with E-state index in [-0.39, 0.29) is 0 Å². The summed E-state index contributed by atoms with van der Waals surface area (Å²) in [5.74, 6) is 0. The molecule has 1 aromatic carbocycles. The van der Waals surface area contributed by atoms with Gasteiger partial charge in [0.1, 0.15) is 5.01 Å². The number of aromatic nitrogens is 2. The first-order valence-electron chi connectivity index (χ1n) is 4.99. The molecule has 2 rings (SSSR count). The normalized spacial score (nSPS) is 11.3. The Labute approximate surface area is 115 Å². The molecule has 98 valence electrons. The third-order valence-electron chi connectivity index (χ3n) is 2.13. The van der Waals surface area contributed by atoms with Crippen LogP contribution in [0, 0.1) is 18.3 Å². The second-order valence-corrected chi connectivity index (χ2v) is 6.01. The highest BCUT2D eigenvalue weighted by molar-refractivity contribution is 8.01. The summed E-state index contributed by atoms with van der Waals surface area (Å²) >= 11 is 2.53. The van der Waals surface area contributed by atoms with Crippen LogP contribution in [-0.4, -0.2) is 10.2 Å². The Kier molecular flexibility index (Phi) is 3.78. The van der Waals surface area contributed by atoms with E-state index in [2.05, 4.69) is 10.2 Å². The summed E-state index contributed by atoms with van der Waals surface area (Å²) in [5, 5.41) is 17.2. The molecular weight excluding hydrogens is 295 g/mol. The van der Waals surface area contributed by atoms with E-state index in [0.29, 0.717) is 9.24 Å². The summed E-state index contributed by atoms with van der Waals surface area (Å²) < 4.78 is 38.5. The van der Waals surface area contributed by atoms with Gasteiger partial charge in [-0.3, -0.25) is 0 Å². The molecule has 0 N–H and O–H groups in total. The molecule has 8 heteroatoms. The Hall–Kier alpha value is -1.59. The first-order chi connectivity index (χ1) is 8.90. The summed E-state index contributed by atoms with van der Waals surface area (Å²) in [6.07, 6.45) is -4.52. The Balaban J connectivity index is 2.32. The van der Waals surface area contributed by atoms with Crippen molar-refractivity contribution in [2.75, 3.05) is 0 Å². The molecule has 0 amide bonds. The van der Waals surface area contributed by atoms with Crippen molar-refractivity contribution in [1.82, 2.24) is 10.2 Å². The molecule has 0 unspecified atom stereocenters. The van der Waals surface area contributed by atoms with Crippen LogP contribution in [0.4, 0.5) is 13.2 Å². The number of nitrogens with zero attached hydrogens (tertiary/aromatic N) is 3. The zero-order chi connectivity index (χ0) is 14.0. The predicted molar refractivity (Wildman–Crippen MR) is 64.9 cm³/mol. The van der Waals surface area contributed by atoms with Gasteiger partial charge < -0.3 is 0 Å². The smallest absolute Gasteiger partial charge is 0.192 e. The van der Waals surface area contributed by atoms with Crippen LogP contribution < -0.4 is 0 Å². The van der Waals surface area contributed by atoms with Crippen molar-refractivity contribution in [3.8, 4) is 6.07 Å². The van der Waals surface area contributed by atoms with E-state index < -0.39 is 17.3 Å². The Morgan fingerprint density at radius 1 is 1.32 bits per heavy atom. The van der Waals surface area contributed by atoms with E-state index in [0.717, 1.165) is 11.1 Å². The molecular formula is C11H6F3N3S2. The summed E-state index contributed by atoms with van der Waals surface area (Å²) in [6, 6.07) is 5.02. The van der Waals surface area contributed by atoms with Crippen molar-refractivity contribution in [3.63, 3.8) is 0 Å². The number of benzene rings is 1. The van der Waals surface area contributed by atoms with Gasteiger partial charge in [0.2, 0.25) is 0 Å². The van der Waals surface area contributed by atoms with Crippen LogP contribution in [0.2, 0.25) is 0 Å². The van der Waals surface area contributed by atoms with Gasteiger partial charge in [0.05, 0.1) is 17.2 Å². The number of hydrogen-bond acceptors (Lipinski definition) is 5. The molecule has 0 spiro atoms. The van der Waals surface area contributed by atoms with Gasteiger partial charge >= 0.3 is 6.18 Å². The van der Waals surface area contributed by atoms with Gasteiger partial charge in [-0.15, -0.1) is 10.2 Å². The van der Waals surface area contributed by atoms with E-state index in [1.807, 2.05) is 0 Å². The van der Waals surface area contributed by atoms with Gasteiger partial charge in [0, 0.05) is 4.90 Å². The fourth-order valence-electron chi connectivity index (χ4n) is 1.35. The van der Waals surface area contributed by atoms with Gasteiger partial charge in [-0.1, -0.05) is 23.1 Å². The third kappa shape index (κ3) is 3.24. The SMILES string of the molecule is Cc1nnc(Sc2ccc(C(F)(F)F)c(C#N)c2)s1. The predicted octanol–water partition coefficient (Wildman–Crippen LogP) is 3.89.